The normalized spacial score (nSPS) is 36.3. The molecule has 0 aromatic heterocycles. The third-order valence-corrected chi connectivity index (χ3v) is 4.49. The van der Waals surface area contributed by atoms with Crippen LogP contribution in [0.2, 0.25) is 0 Å². The summed E-state index contributed by atoms with van der Waals surface area (Å²) in [4.78, 5) is 12.8. The van der Waals surface area contributed by atoms with Crippen molar-refractivity contribution in [2.24, 2.45) is 23.5 Å². The zero-order valence-electron chi connectivity index (χ0n) is 10.9. The number of ether oxygens (including phenoxy) is 1. The van der Waals surface area contributed by atoms with Crippen LogP contribution >= 0.6 is 12.2 Å². The van der Waals surface area contributed by atoms with Crippen molar-refractivity contribution in [3.63, 3.8) is 0 Å². The van der Waals surface area contributed by atoms with Gasteiger partial charge in [0, 0.05) is 31.1 Å². The van der Waals surface area contributed by atoms with Gasteiger partial charge in [-0.05, 0) is 25.2 Å². The van der Waals surface area contributed by atoms with Crippen LogP contribution in [-0.4, -0.2) is 30.2 Å². The number of nitrogens with one attached hydrogen (secondary N) is 1. The molecule has 3 N–H and O–H groups in total. The van der Waals surface area contributed by atoms with Gasteiger partial charge in [0.25, 0.3) is 0 Å². The van der Waals surface area contributed by atoms with Crippen LogP contribution in [0.4, 0.5) is 0 Å². The summed E-state index contributed by atoms with van der Waals surface area (Å²) in [7, 11) is 0. The minimum absolute atomic E-state index is 0.0753. The summed E-state index contributed by atoms with van der Waals surface area (Å²) < 4.78 is 5.37. The Balaban J connectivity index is 1.92. The second kappa shape index (κ2) is 5.97. The van der Waals surface area contributed by atoms with Gasteiger partial charge in [-0.1, -0.05) is 25.6 Å². The molecule has 0 bridgehead atoms. The quantitative estimate of drug-likeness (QED) is 0.757. The van der Waals surface area contributed by atoms with Crippen molar-refractivity contribution in [1.29, 1.82) is 0 Å². The molecule has 5 heteroatoms. The number of rotatable bonds is 3. The summed E-state index contributed by atoms with van der Waals surface area (Å²) in [6.07, 6.45) is 3.91. The molecule has 2 rings (SSSR count). The predicted octanol–water partition coefficient (Wildman–Crippen LogP) is 1.23. The second-order valence-corrected chi connectivity index (χ2v) is 5.97. The Morgan fingerprint density at radius 2 is 2.11 bits per heavy atom. The number of amides is 1. The molecule has 0 aromatic rings. The van der Waals surface area contributed by atoms with Gasteiger partial charge in [0.15, 0.2) is 0 Å². The summed E-state index contributed by atoms with van der Waals surface area (Å²) in [6.45, 7) is 3.44. The van der Waals surface area contributed by atoms with Crippen LogP contribution < -0.4 is 11.1 Å². The lowest BCUT2D eigenvalue weighted by Gasteiger charge is -2.30. The molecular formula is C13H22N2O2S. The maximum Gasteiger partial charge on any atom is 0.223 e. The van der Waals surface area contributed by atoms with E-state index in [1.807, 2.05) is 0 Å². The summed E-state index contributed by atoms with van der Waals surface area (Å²) in [5.74, 6) is 0.702. The highest BCUT2D eigenvalue weighted by Crippen LogP contribution is 2.28. The van der Waals surface area contributed by atoms with Gasteiger partial charge >= 0.3 is 0 Å². The van der Waals surface area contributed by atoms with E-state index in [-0.39, 0.29) is 23.8 Å². The van der Waals surface area contributed by atoms with E-state index in [1.54, 1.807) is 0 Å². The summed E-state index contributed by atoms with van der Waals surface area (Å²) in [6, 6.07) is 0.144. The van der Waals surface area contributed by atoms with Gasteiger partial charge in [-0.15, -0.1) is 0 Å². The first-order chi connectivity index (χ1) is 8.59. The van der Waals surface area contributed by atoms with E-state index < -0.39 is 0 Å². The zero-order valence-corrected chi connectivity index (χ0v) is 11.7. The smallest absolute Gasteiger partial charge is 0.223 e. The Morgan fingerprint density at radius 1 is 1.33 bits per heavy atom. The first kappa shape index (κ1) is 13.7. The van der Waals surface area contributed by atoms with Gasteiger partial charge in [0.1, 0.15) is 0 Å². The van der Waals surface area contributed by atoms with E-state index in [2.05, 4.69) is 12.2 Å². The molecule has 1 saturated heterocycles. The van der Waals surface area contributed by atoms with Crippen molar-refractivity contribution in [1.82, 2.24) is 5.32 Å². The van der Waals surface area contributed by atoms with Gasteiger partial charge in [-0.2, -0.15) is 0 Å². The average Bonchev–Trinajstić information content (AvgIpc) is 2.77. The monoisotopic (exact) mass is 270 g/mol. The molecule has 1 amide bonds. The molecule has 0 aromatic carbocycles. The Kier molecular flexibility index (Phi) is 4.56. The van der Waals surface area contributed by atoms with Crippen LogP contribution in [0.5, 0.6) is 0 Å². The Hall–Kier alpha value is -0.680. The van der Waals surface area contributed by atoms with Crippen molar-refractivity contribution < 1.29 is 9.53 Å². The molecule has 1 saturated carbocycles. The van der Waals surface area contributed by atoms with Gasteiger partial charge < -0.3 is 15.8 Å². The van der Waals surface area contributed by atoms with Crippen LogP contribution in [0, 0.1) is 17.8 Å². The predicted molar refractivity (Wildman–Crippen MR) is 74.1 cm³/mol. The number of carbonyl (C=O) groups is 1. The fraction of sp³-hybridized carbons (Fsp3) is 0.846. The molecule has 4 nitrogen and oxygen atoms in total. The van der Waals surface area contributed by atoms with E-state index >= 15 is 0 Å². The van der Waals surface area contributed by atoms with Crippen molar-refractivity contribution in [2.45, 2.75) is 38.6 Å². The standard InChI is InChI=1S/C13H22N2O2S/c1-8-7-17-6-5-9(8)13(16)15-11-4-2-3-10(11)12(14)18/h8-11H,2-7H2,1H3,(H2,14,18)(H,15,16). The lowest BCUT2D eigenvalue weighted by molar-refractivity contribution is -0.131. The SMILES string of the molecule is CC1COCCC1C(=O)NC1CCCC1C(N)=S. The number of hydrogen-bond donors (Lipinski definition) is 2. The molecule has 1 aliphatic carbocycles. The van der Waals surface area contributed by atoms with Crippen molar-refractivity contribution in [2.75, 3.05) is 13.2 Å². The molecule has 1 heterocycles. The van der Waals surface area contributed by atoms with Crippen molar-refractivity contribution >= 4 is 23.1 Å². The van der Waals surface area contributed by atoms with Crippen molar-refractivity contribution in [3.8, 4) is 0 Å². The third-order valence-electron chi connectivity index (χ3n) is 4.19. The summed E-state index contributed by atoms with van der Waals surface area (Å²) in [5, 5.41) is 3.15. The highest BCUT2D eigenvalue weighted by Gasteiger charge is 2.34. The van der Waals surface area contributed by atoms with E-state index in [0.717, 1.165) is 25.7 Å². The molecule has 2 fully saturated rings. The number of carbonyl (C=O) groups excluding carboxylic acids is 1. The molecule has 0 radical (unpaired) electrons. The lowest BCUT2D eigenvalue weighted by atomic mass is 9.88. The van der Waals surface area contributed by atoms with E-state index in [9.17, 15) is 4.79 Å². The molecule has 4 unspecified atom stereocenters. The molecule has 2 aliphatic rings. The molecule has 4 atom stereocenters. The van der Waals surface area contributed by atoms with Crippen LogP contribution in [0.25, 0.3) is 0 Å². The third kappa shape index (κ3) is 3.01. The summed E-state index contributed by atoms with van der Waals surface area (Å²) >= 11 is 5.07. The van der Waals surface area contributed by atoms with Gasteiger partial charge in [-0.25, -0.2) is 0 Å². The Morgan fingerprint density at radius 3 is 2.78 bits per heavy atom. The van der Waals surface area contributed by atoms with E-state index in [1.165, 1.54) is 0 Å². The Bertz CT molecular complexity index is 335. The number of hydrogen-bond acceptors (Lipinski definition) is 3. The maximum absolute atomic E-state index is 12.3. The first-order valence-corrected chi connectivity index (χ1v) is 7.18. The van der Waals surface area contributed by atoms with E-state index in [0.29, 0.717) is 24.1 Å². The van der Waals surface area contributed by atoms with Gasteiger partial charge in [-0.3, -0.25) is 4.79 Å². The number of thiocarbonyl (C=S) groups is 1. The molecular weight excluding hydrogens is 248 g/mol. The topological polar surface area (TPSA) is 64.3 Å². The van der Waals surface area contributed by atoms with Crippen LogP contribution in [0.15, 0.2) is 0 Å². The first-order valence-electron chi connectivity index (χ1n) is 6.77. The second-order valence-electron chi connectivity index (χ2n) is 5.50. The van der Waals surface area contributed by atoms with Gasteiger partial charge in [0.2, 0.25) is 5.91 Å². The maximum atomic E-state index is 12.3. The minimum atomic E-state index is 0.0753. The molecule has 1 aliphatic heterocycles. The zero-order chi connectivity index (χ0) is 13.1. The van der Waals surface area contributed by atoms with Crippen LogP contribution in [-0.2, 0) is 9.53 Å². The highest BCUT2D eigenvalue weighted by atomic mass is 32.1. The highest BCUT2D eigenvalue weighted by molar-refractivity contribution is 7.80. The fourth-order valence-electron chi connectivity index (χ4n) is 3.03. The largest absolute Gasteiger partial charge is 0.393 e. The van der Waals surface area contributed by atoms with Crippen LogP contribution in [0.3, 0.4) is 0 Å². The van der Waals surface area contributed by atoms with Gasteiger partial charge in [0.05, 0.1) is 4.99 Å². The molecule has 18 heavy (non-hydrogen) atoms. The van der Waals surface area contributed by atoms with Crippen LogP contribution in [0.1, 0.15) is 32.6 Å². The molecule has 0 spiro atoms. The fourth-order valence-corrected chi connectivity index (χ4v) is 3.31. The average molecular weight is 270 g/mol. The lowest BCUT2D eigenvalue weighted by Crippen LogP contribution is -2.46. The Labute approximate surface area is 114 Å². The molecule has 102 valence electrons. The van der Waals surface area contributed by atoms with Crippen molar-refractivity contribution in [3.05, 3.63) is 0 Å². The summed E-state index contributed by atoms with van der Waals surface area (Å²) in [5.41, 5.74) is 5.73. The minimum Gasteiger partial charge on any atom is -0.393 e. The number of nitrogens with two attached hydrogens (primary N) is 1. The van der Waals surface area contributed by atoms with E-state index in [4.69, 9.17) is 22.7 Å².